The minimum absolute atomic E-state index is 0.120. The van der Waals surface area contributed by atoms with E-state index < -0.39 is 6.10 Å². The van der Waals surface area contributed by atoms with Crippen molar-refractivity contribution in [2.24, 2.45) is 0 Å². The van der Waals surface area contributed by atoms with E-state index in [9.17, 15) is 9.90 Å². The van der Waals surface area contributed by atoms with Gasteiger partial charge >= 0.3 is 0 Å². The summed E-state index contributed by atoms with van der Waals surface area (Å²) in [5, 5.41) is 14.5. The first kappa shape index (κ1) is 25.6. The number of aliphatic hydroxyl groups is 1. The molecule has 0 aromatic carbocycles. The number of nitrogens with one attached hydrogen (secondary N) is 1. The summed E-state index contributed by atoms with van der Waals surface area (Å²) in [5.74, 6) is 2.11. The number of carbonyl (C=O) groups excluding carboxylic acids is 1. The standard InChI is InChI=1S/C29H36N8O3/c1-17(38)23-13-19-14-30-29(34-26(19)27(32-23)37-20-4-5-21(37)7-6-20)33-25-8-3-18-15-36(10-9-22(18)31-25)28(39)24-16-40-12-11-35(24)2/h3,8,13-14,17,20-21,24,38H,4-7,9-12,15-16H2,1-2H3,(H,30,31,33,34)/t17-,20?,21?,24?/m1/s1. The Morgan fingerprint density at radius 1 is 1.12 bits per heavy atom. The summed E-state index contributed by atoms with van der Waals surface area (Å²) in [4.78, 5) is 38.8. The van der Waals surface area contributed by atoms with Crippen LogP contribution in [0.5, 0.6) is 0 Å². The predicted octanol–water partition coefficient (Wildman–Crippen LogP) is 2.56. The first-order chi connectivity index (χ1) is 19.4. The normalized spacial score (nSPS) is 25.3. The van der Waals surface area contributed by atoms with E-state index in [4.69, 9.17) is 19.7 Å². The van der Waals surface area contributed by atoms with Crippen LogP contribution < -0.4 is 10.2 Å². The molecule has 0 saturated carbocycles. The van der Waals surface area contributed by atoms with Gasteiger partial charge in [-0.1, -0.05) is 6.07 Å². The van der Waals surface area contributed by atoms with Crippen LogP contribution in [0.3, 0.4) is 0 Å². The van der Waals surface area contributed by atoms with Gasteiger partial charge in [0.1, 0.15) is 17.4 Å². The van der Waals surface area contributed by atoms with Gasteiger partial charge in [-0.2, -0.15) is 0 Å². The fourth-order valence-corrected chi connectivity index (χ4v) is 6.70. The van der Waals surface area contributed by atoms with E-state index >= 15 is 0 Å². The van der Waals surface area contributed by atoms with Crippen molar-refractivity contribution in [1.82, 2.24) is 29.7 Å². The topological polar surface area (TPSA) is 120 Å². The third-order valence-electron chi connectivity index (χ3n) is 8.97. The molecule has 4 aliphatic rings. The lowest BCUT2D eigenvalue weighted by Gasteiger charge is -2.37. The van der Waals surface area contributed by atoms with Crippen molar-refractivity contribution in [2.45, 2.75) is 69.8 Å². The second kappa shape index (κ2) is 10.2. The molecule has 1 unspecified atom stereocenters. The molecule has 2 N–H and O–H groups in total. The second-order valence-electron chi connectivity index (χ2n) is 11.6. The van der Waals surface area contributed by atoms with Gasteiger partial charge in [0, 0.05) is 55.4 Å². The molecule has 0 aliphatic carbocycles. The van der Waals surface area contributed by atoms with Gasteiger partial charge in [-0.15, -0.1) is 0 Å². The van der Waals surface area contributed by atoms with Gasteiger partial charge < -0.3 is 25.0 Å². The highest BCUT2D eigenvalue weighted by Crippen LogP contribution is 2.42. The largest absolute Gasteiger partial charge is 0.387 e. The van der Waals surface area contributed by atoms with E-state index in [0.717, 1.165) is 34.5 Å². The number of ether oxygens (including phenoxy) is 1. The van der Waals surface area contributed by atoms with Crippen molar-refractivity contribution in [3.05, 3.63) is 41.3 Å². The lowest BCUT2D eigenvalue weighted by molar-refractivity contribution is -0.143. The van der Waals surface area contributed by atoms with Gasteiger partial charge in [0.2, 0.25) is 11.9 Å². The highest BCUT2D eigenvalue weighted by molar-refractivity contribution is 5.90. The molecule has 3 aromatic rings. The highest BCUT2D eigenvalue weighted by Gasteiger charge is 2.41. The minimum Gasteiger partial charge on any atom is -0.387 e. The molecule has 3 fully saturated rings. The van der Waals surface area contributed by atoms with Crippen molar-refractivity contribution in [3.63, 3.8) is 0 Å². The fraction of sp³-hybridized carbons (Fsp3) is 0.552. The number of fused-ring (bicyclic) bond motifs is 4. The van der Waals surface area contributed by atoms with Crippen molar-refractivity contribution >= 4 is 34.4 Å². The van der Waals surface area contributed by atoms with Crippen molar-refractivity contribution in [2.75, 3.05) is 43.6 Å². The Labute approximate surface area is 233 Å². The van der Waals surface area contributed by atoms with Gasteiger partial charge in [-0.3, -0.25) is 9.69 Å². The fourth-order valence-electron chi connectivity index (χ4n) is 6.70. The maximum atomic E-state index is 13.1. The summed E-state index contributed by atoms with van der Waals surface area (Å²) in [6.45, 7) is 4.82. The maximum Gasteiger partial charge on any atom is 0.242 e. The molecule has 7 rings (SSSR count). The minimum atomic E-state index is -0.663. The summed E-state index contributed by atoms with van der Waals surface area (Å²) in [7, 11) is 1.98. The number of aliphatic hydroxyl groups excluding tert-OH is 1. The smallest absolute Gasteiger partial charge is 0.242 e. The molecule has 3 saturated heterocycles. The Morgan fingerprint density at radius 2 is 1.93 bits per heavy atom. The number of carbonyl (C=O) groups is 1. The summed E-state index contributed by atoms with van der Waals surface area (Å²) in [5.41, 5.74) is 3.49. The number of anilines is 3. The van der Waals surface area contributed by atoms with Gasteiger partial charge in [-0.25, -0.2) is 19.9 Å². The number of aromatic nitrogens is 4. The van der Waals surface area contributed by atoms with Crippen LogP contribution >= 0.6 is 0 Å². The Morgan fingerprint density at radius 3 is 2.67 bits per heavy atom. The van der Waals surface area contributed by atoms with Crippen LogP contribution in [-0.2, 0) is 22.5 Å². The van der Waals surface area contributed by atoms with Gasteiger partial charge in [0.05, 0.1) is 25.0 Å². The Bertz CT molecular complexity index is 1430. The van der Waals surface area contributed by atoms with E-state index in [-0.39, 0.29) is 11.9 Å². The summed E-state index contributed by atoms with van der Waals surface area (Å²) in [6, 6.07) is 6.59. The molecule has 0 radical (unpaired) electrons. The molecule has 210 valence electrons. The van der Waals surface area contributed by atoms with E-state index in [1.807, 2.05) is 30.1 Å². The quantitative estimate of drug-likeness (QED) is 0.496. The molecule has 1 amide bonds. The number of rotatable bonds is 5. The maximum absolute atomic E-state index is 13.1. The first-order valence-electron chi connectivity index (χ1n) is 14.4. The van der Waals surface area contributed by atoms with Crippen LogP contribution in [0, 0.1) is 0 Å². The second-order valence-corrected chi connectivity index (χ2v) is 11.6. The zero-order valence-corrected chi connectivity index (χ0v) is 23.1. The highest BCUT2D eigenvalue weighted by atomic mass is 16.5. The van der Waals surface area contributed by atoms with E-state index in [1.165, 1.54) is 25.7 Å². The van der Waals surface area contributed by atoms with E-state index in [2.05, 4.69) is 20.1 Å². The Balaban J connectivity index is 1.13. The average molecular weight is 545 g/mol. The molecule has 11 heteroatoms. The molecule has 40 heavy (non-hydrogen) atoms. The zero-order valence-electron chi connectivity index (χ0n) is 23.1. The number of nitrogens with zero attached hydrogens (tertiary/aromatic N) is 7. The molecule has 4 aliphatic heterocycles. The monoisotopic (exact) mass is 544 g/mol. The number of morpholine rings is 1. The number of amides is 1. The Kier molecular flexibility index (Phi) is 6.52. The van der Waals surface area contributed by atoms with E-state index in [0.29, 0.717) is 62.3 Å². The summed E-state index contributed by atoms with van der Waals surface area (Å²) >= 11 is 0. The predicted molar refractivity (Wildman–Crippen MR) is 150 cm³/mol. The molecular weight excluding hydrogens is 508 g/mol. The third-order valence-corrected chi connectivity index (χ3v) is 8.97. The van der Waals surface area contributed by atoms with Crippen LogP contribution in [-0.4, -0.2) is 92.2 Å². The number of hydrogen-bond acceptors (Lipinski definition) is 10. The number of likely N-dealkylation sites (N-methyl/N-ethyl adjacent to an activating group) is 1. The van der Waals surface area contributed by atoms with Crippen LogP contribution in [0.15, 0.2) is 24.4 Å². The molecular formula is C29H36N8O3. The molecule has 3 aromatic heterocycles. The van der Waals surface area contributed by atoms with Crippen molar-refractivity contribution < 1.29 is 14.6 Å². The van der Waals surface area contributed by atoms with Gasteiger partial charge in [0.15, 0.2) is 5.82 Å². The van der Waals surface area contributed by atoms with E-state index in [1.54, 1.807) is 13.1 Å². The number of hydrogen-bond donors (Lipinski definition) is 2. The zero-order chi connectivity index (χ0) is 27.4. The van der Waals surface area contributed by atoms with Crippen LogP contribution in [0.2, 0.25) is 0 Å². The molecule has 11 nitrogen and oxygen atoms in total. The molecule has 7 heterocycles. The van der Waals surface area contributed by atoms with Crippen LogP contribution in [0.25, 0.3) is 10.9 Å². The first-order valence-corrected chi connectivity index (χ1v) is 14.4. The third kappa shape index (κ3) is 4.55. The van der Waals surface area contributed by atoms with Crippen molar-refractivity contribution in [3.8, 4) is 0 Å². The Hall–Kier alpha value is -3.41. The van der Waals surface area contributed by atoms with Gasteiger partial charge in [-0.05, 0) is 57.4 Å². The SMILES string of the molecule is C[C@@H](O)c1cc2cnc(Nc3ccc4c(n3)CCN(C(=O)C3COCCN3C)C4)nc2c(N2C3CCC2CC3)n1. The molecule has 0 spiro atoms. The average Bonchev–Trinajstić information content (AvgIpc) is 3.57. The lowest BCUT2D eigenvalue weighted by atomic mass is 10.0. The molecule has 2 atom stereocenters. The van der Waals surface area contributed by atoms with Gasteiger partial charge in [0.25, 0.3) is 0 Å². The van der Waals surface area contributed by atoms with Crippen molar-refractivity contribution in [1.29, 1.82) is 0 Å². The number of pyridine rings is 2. The van der Waals surface area contributed by atoms with Crippen LogP contribution in [0.4, 0.5) is 17.6 Å². The van der Waals surface area contributed by atoms with Crippen LogP contribution in [0.1, 0.15) is 55.7 Å². The lowest BCUT2D eigenvalue weighted by Crippen LogP contribution is -2.54. The molecule has 2 bridgehead atoms. The summed E-state index contributed by atoms with van der Waals surface area (Å²) in [6.07, 6.45) is 6.54. The summed E-state index contributed by atoms with van der Waals surface area (Å²) < 4.78 is 5.56.